The van der Waals surface area contributed by atoms with Crippen LogP contribution in [-0.4, -0.2) is 38.0 Å². The summed E-state index contributed by atoms with van der Waals surface area (Å²) in [5.74, 6) is 0.799. The molecule has 1 spiro atoms. The number of ether oxygens (including phenoxy) is 2. The molecule has 1 aliphatic carbocycles. The molecule has 3 unspecified atom stereocenters. The standard InChI is InChI=1S/C17H31NO2/c1-18-16(7-6-15-5-4-11-19-15)14-8-12-20-17(13-14)9-2-3-10-17/h14-16,18H,2-13H2,1H3. The Hall–Kier alpha value is -0.120. The largest absolute Gasteiger partial charge is 0.378 e. The van der Waals surface area contributed by atoms with Crippen molar-refractivity contribution in [1.29, 1.82) is 0 Å². The second kappa shape index (κ2) is 6.76. The van der Waals surface area contributed by atoms with Crippen LogP contribution in [0.4, 0.5) is 0 Å². The molecule has 1 N–H and O–H groups in total. The quantitative estimate of drug-likeness (QED) is 0.839. The number of nitrogens with one attached hydrogen (secondary N) is 1. The van der Waals surface area contributed by atoms with Crippen molar-refractivity contribution in [2.45, 2.75) is 82.0 Å². The molecule has 0 radical (unpaired) electrons. The first-order valence-corrected chi connectivity index (χ1v) is 8.74. The van der Waals surface area contributed by atoms with Gasteiger partial charge in [0, 0.05) is 19.3 Å². The molecular formula is C17H31NO2. The smallest absolute Gasteiger partial charge is 0.0685 e. The molecule has 3 heteroatoms. The van der Waals surface area contributed by atoms with Crippen molar-refractivity contribution < 1.29 is 9.47 Å². The molecule has 2 aliphatic heterocycles. The zero-order valence-corrected chi connectivity index (χ0v) is 13.0. The Morgan fingerprint density at radius 2 is 2.00 bits per heavy atom. The summed E-state index contributed by atoms with van der Waals surface area (Å²) >= 11 is 0. The predicted molar refractivity (Wildman–Crippen MR) is 80.9 cm³/mol. The molecule has 0 aromatic rings. The van der Waals surface area contributed by atoms with E-state index in [1.807, 2.05) is 0 Å². The van der Waals surface area contributed by atoms with E-state index in [9.17, 15) is 0 Å². The fourth-order valence-electron chi connectivity index (χ4n) is 4.63. The first-order valence-electron chi connectivity index (χ1n) is 8.74. The summed E-state index contributed by atoms with van der Waals surface area (Å²) in [5, 5.41) is 3.59. The molecule has 20 heavy (non-hydrogen) atoms. The minimum Gasteiger partial charge on any atom is -0.378 e. The zero-order chi connectivity index (χ0) is 13.8. The normalized spacial score (nSPS) is 34.6. The van der Waals surface area contributed by atoms with Crippen molar-refractivity contribution in [2.75, 3.05) is 20.3 Å². The lowest BCUT2D eigenvalue weighted by Gasteiger charge is -2.41. The van der Waals surface area contributed by atoms with Crippen LogP contribution in [0, 0.1) is 5.92 Å². The number of hydrogen-bond donors (Lipinski definition) is 1. The second-order valence-corrected chi connectivity index (χ2v) is 7.10. The van der Waals surface area contributed by atoms with Gasteiger partial charge < -0.3 is 14.8 Å². The molecule has 0 aromatic carbocycles. The molecule has 3 aliphatic rings. The van der Waals surface area contributed by atoms with Crippen molar-refractivity contribution in [3.05, 3.63) is 0 Å². The monoisotopic (exact) mass is 281 g/mol. The Kier molecular flexibility index (Phi) is 5.00. The molecular weight excluding hydrogens is 250 g/mol. The van der Waals surface area contributed by atoms with Crippen molar-refractivity contribution in [2.24, 2.45) is 5.92 Å². The van der Waals surface area contributed by atoms with E-state index in [0.29, 0.717) is 12.1 Å². The average Bonchev–Trinajstić information content (AvgIpc) is 3.12. The number of hydrogen-bond acceptors (Lipinski definition) is 3. The van der Waals surface area contributed by atoms with E-state index < -0.39 is 0 Å². The van der Waals surface area contributed by atoms with Crippen molar-refractivity contribution >= 4 is 0 Å². The molecule has 3 atom stereocenters. The van der Waals surface area contributed by atoms with Gasteiger partial charge in [0.25, 0.3) is 0 Å². The van der Waals surface area contributed by atoms with Crippen LogP contribution in [-0.2, 0) is 9.47 Å². The van der Waals surface area contributed by atoms with Crippen molar-refractivity contribution in [3.8, 4) is 0 Å². The van der Waals surface area contributed by atoms with E-state index in [0.717, 1.165) is 19.1 Å². The first-order chi connectivity index (χ1) is 9.81. The summed E-state index contributed by atoms with van der Waals surface area (Å²) in [5.41, 5.74) is 0.252. The summed E-state index contributed by atoms with van der Waals surface area (Å²) in [6.07, 6.45) is 13.4. The molecule has 0 amide bonds. The Morgan fingerprint density at radius 3 is 2.70 bits per heavy atom. The Balaban J connectivity index is 1.51. The van der Waals surface area contributed by atoms with Crippen molar-refractivity contribution in [1.82, 2.24) is 5.32 Å². The predicted octanol–water partition coefficient (Wildman–Crippen LogP) is 3.27. The third-order valence-electron chi connectivity index (χ3n) is 5.81. The summed E-state index contributed by atoms with van der Waals surface area (Å²) in [7, 11) is 2.14. The highest BCUT2D eigenvalue weighted by Crippen LogP contribution is 2.43. The van der Waals surface area contributed by atoms with Crippen LogP contribution >= 0.6 is 0 Å². The molecule has 3 fully saturated rings. The topological polar surface area (TPSA) is 30.5 Å². The Bertz CT molecular complexity index is 295. The van der Waals surface area contributed by atoms with Crippen molar-refractivity contribution in [3.63, 3.8) is 0 Å². The molecule has 3 nitrogen and oxygen atoms in total. The van der Waals surface area contributed by atoms with Crippen LogP contribution < -0.4 is 5.32 Å². The van der Waals surface area contributed by atoms with Crippen LogP contribution in [0.25, 0.3) is 0 Å². The van der Waals surface area contributed by atoms with E-state index in [1.54, 1.807) is 0 Å². The van der Waals surface area contributed by atoms with Gasteiger partial charge in [0.15, 0.2) is 0 Å². The SMILES string of the molecule is CNC(CCC1CCCO1)C1CCOC2(CCCC2)C1. The van der Waals surface area contributed by atoms with Gasteiger partial charge >= 0.3 is 0 Å². The zero-order valence-electron chi connectivity index (χ0n) is 13.0. The summed E-state index contributed by atoms with van der Waals surface area (Å²) < 4.78 is 12.0. The van der Waals surface area contributed by atoms with Crippen LogP contribution in [0.2, 0.25) is 0 Å². The molecule has 0 bridgehead atoms. The lowest BCUT2D eigenvalue weighted by atomic mass is 9.79. The van der Waals surface area contributed by atoms with Gasteiger partial charge in [-0.25, -0.2) is 0 Å². The lowest BCUT2D eigenvalue weighted by Crippen LogP contribution is -2.45. The van der Waals surface area contributed by atoms with Crippen LogP contribution in [0.3, 0.4) is 0 Å². The van der Waals surface area contributed by atoms with E-state index >= 15 is 0 Å². The maximum absolute atomic E-state index is 6.18. The molecule has 116 valence electrons. The maximum atomic E-state index is 6.18. The van der Waals surface area contributed by atoms with Gasteiger partial charge in [-0.3, -0.25) is 0 Å². The van der Waals surface area contributed by atoms with Gasteiger partial charge in [-0.1, -0.05) is 12.8 Å². The van der Waals surface area contributed by atoms with Gasteiger partial charge in [0.05, 0.1) is 11.7 Å². The third kappa shape index (κ3) is 3.37. The second-order valence-electron chi connectivity index (χ2n) is 7.10. The highest BCUT2D eigenvalue weighted by atomic mass is 16.5. The van der Waals surface area contributed by atoms with Gasteiger partial charge in [-0.05, 0) is 64.3 Å². The van der Waals surface area contributed by atoms with Gasteiger partial charge in [-0.2, -0.15) is 0 Å². The summed E-state index contributed by atoms with van der Waals surface area (Å²) in [6, 6.07) is 0.653. The molecule has 2 heterocycles. The Morgan fingerprint density at radius 1 is 1.15 bits per heavy atom. The van der Waals surface area contributed by atoms with Crippen LogP contribution in [0.5, 0.6) is 0 Å². The lowest BCUT2D eigenvalue weighted by molar-refractivity contribution is -0.0983. The molecule has 1 saturated carbocycles. The van der Waals surface area contributed by atoms with E-state index in [-0.39, 0.29) is 5.60 Å². The Labute approximate surface area is 123 Å². The van der Waals surface area contributed by atoms with Gasteiger partial charge in [-0.15, -0.1) is 0 Å². The maximum Gasteiger partial charge on any atom is 0.0685 e. The minimum atomic E-state index is 0.252. The average molecular weight is 281 g/mol. The molecule has 0 aromatic heterocycles. The molecule has 3 rings (SSSR count). The first kappa shape index (κ1) is 14.8. The highest BCUT2D eigenvalue weighted by Gasteiger charge is 2.41. The fraction of sp³-hybridized carbons (Fsp3) is 1.00. The highest BCUT2D eigenvalue weighted by molar-refractivity contribution is 4.94. The van der Waals surface area contributed by atoms with Crippen LogP contribution in [0.1, 0.15) is 64.2 Å². The molecule has 2 saturated heterocycles. The minimum absolute atomic E-state index is 0.252. The van der Waals surface area contributed by atoms with Crippen LogP contribution in [0.15, 0.2) is 0 Å². The summed E-state index contributed by atoms with van der Waals surface area (Å²) in [6.45, 7) is 1.96. The van der Waals surface area contributed by atoms with E-state index in [1.165, 1.54) is 64.2 Å². The van der Waals surface area contributed by atoms with Gasteiger partial charge in [0.1, 0.15) is 0 Å². The van der Waals surface area contributed by atoms with E-state index in [4.69, 9.17) is 9.47 Å². The third-order valence-corrected chi connectivity index (χ3v) is 5.81. The summed E-state index contributed by atoms with van der Waals surface area (Å²) in [4.78, 5) is 0. The fourth-order valence-corrected chi connectivity index (χ4v) is 4.63. The van der Waals surface area contributed by atoms with E-state index in [2.05, 4.69) is 12.4 Å². The number of rotatable bonds is 5. The van der Waals surface area contributed by atoms with Gasteiger partial charge in [0.2, 0.25) is 0 Å².